The lowest BCUT2D eigenvalue weighted by molar-refractivity contribution is -0.0314. The molecular formula is C7H16N2O4S. The molecule has 1 aliphatic heterocycles. The first-order chi connectivity index (χ1) is 6.48. The summed E-state index contributed by atoms with van der Waals surface area (Å²) in [5.41, 5.74) is 0. The summed E-state index contributed by atoms with van der Waals surface area (Å²) in [4.78, 5) is 0. The number of hydrogen-bond donors (Lipinski definition) is 1. The molecule has 6 nitrogen and oxygen atoms in total. The number of rotatable bonds is 3. The van der Waals surface area contributed by atoms with Crippen LogP contribution in [0.15, 0.2) is 0 Å². The molecule has 1 aliphatic rings. The minimum Gasteiger partial charge on any atom is -0.394 e. The van der Waals surface area contributed by atoms with Crippen LogP contribution in [0.3, 0.4) is 0 Å². The molecule has 0 saturated carbocycles. The van der Waals surface area contributed by atoms with Crippen molar-refractivity contribution in [1.82, 2.24) is 8.61 Å². The number of hydrogen-bond acceptors (Lipinski definition) is 4. The van der Waals surface area contributed by atoms with E-state index in [2.05, 4.69) is 0 Å². The van der Waals surface area contributed by atoms with Gasteiger partial charge in [0.25, 0.3) is 10.2 Å². The van der Waals surface area contributed by atoms with E-state index in [4.69, 9.17) is 9.84 Å². The standard InChI is InChI=1S/C7H16N2O4S/c1-8(2)14(11,12)9-3-4-13-7(5-9)6-10/h7,10H,3-6H2,1-2H3. The number of ether oxygens (including phenoxy) is 1. The molecule has 84 valence electrons. The van der Waals surface area contributed by atoms with E-state index in [1.165, 1.54) is 18.4 Å². The van der Waals surface area contributed by atoms with Gasteiger partial charge in [-0.25, -0.2) is 0 Å². The van der Waals surface area contributed by atoms with Crippen LogP contribution in [-0.4, -0.2) is 68.6 Å². The fourth-order valence-corrected chi connectivity index (χ4v) is 2.37. The van der Waals surface area contributed by atoms with Crippen LogP contribution >= 0.6 is 0 Å². The van der Waals surface area contributed by atoms with Gasteiger partial charge in [0.15, 0.2) is 0 Å². The highest BCUT2D eigenvalue weighted by atomic mass is 32.2. The average Bonchev–Trinajstić information content (AvgIpc) is 2.17. The van der Waals surface area contributed by atoms with E-state index in [0.29, 0.717) is 13.2 Å². The Labute approximate surface area is 84.2 Å². The zero-order chi connectivity index (χ0) is 10.8. The Hall–Kier alpha value is -0.210. The van der Waals surface area contributed by atoms with Gasteiger partial charge in [0, 0.05) is 27.2 Å². The van der Waals surface area contributed by atoms with Crippen molar-refractivity contribution in [2.45, 2.75) is 6.10 Å². The molecule has 1 saturated heterocycles. The second-order valence-electron chi connectivity index (χ2n) is 3.32. The number of aliphatic hydroxyl groups is 1. The van der Waals surface area contributed by atoms with Crippen LogP contribution in [0.5, 0.6) is 0 Å². The molecule has 0 aromatic carbocycles. The predicted molar refractivity (Wildman–Crippen MR) is 51.0 cm³/mol. The Kier molecular flexibility index (Phi) is 3.85. The van der Waals surface area contributed by atoms with Crippen LogP contribution in [0.2, 0.25) is 0 Å². The van der Waals surface area contributed by atoms with Gasteiger partial charge in [0.1, 0.15) is 0 Å². The molecule has 0 amide bonds. The van der Waals surface area contributed by atoms with Crippen molar-refractivity contribution >= 4 is 10.2 Å². The summed E-state index contributed by atoms with van der Waals surface area (Å²) in [6.45, 7) is 0.742. The molecule has 0 aliphatic carbocycles. The molecule has 14 heavy (non-hydrogen) atoms. The normalized spacial score (nSPS) is 25.6. The maximum Gasteiger partial charge on any atom is 0.281 e. The summed E-state index contributed by atoms with van der Waals surface area (Å²) in [7, 11) is -0.398. The van der Waals surface area contributed by atoms with Crippen LogP contribution in [0, 0.1) is 0 Å². The molecule has 1 unspecified atom stereocenters. The third-order valence-electron chi connectivity index (χ3n) is 2.09. The van der Waals surface area contributed by atoms with Gasteiger partial charge in [-0.2, -0.15) is 17.0 Å². The number of morpholine rings is 1. The quantitative estimate of drug-likeness (QED) is 0.632. The van der Waals surface area contributed by atoms with Crippen LogP contribution in [0.1, 0.15) is 0 Å². The summed E-state index contributed by atoms with van der Waals surface area (Å²) in [5, 5.41) is 8.85. The Morgan fingerprint density at radius 1 is 1.57 bits per heavy atom. The van der Waals surface area contributed by atoms with Gasteiger partial charge in [-0.1, -0.05) is 0 Å². The summed E-state index contributed by atoms with van der Waals surface area (Å²) < 4.78 is 31.0. The first-order valence-corrected chi connectivity index (χ1v) is 5.78. The largest absolute Gasteiger partial charge is 0.394 e. The highest BCUT2D eigenvalue weighted by molar-refractivity contribution is 7.86. The zero-order valence-electron chi connectivity index (χ0n) is 8.38. The molecule has 1 fully saturated rings. The van der Waals surface area contributed by atoms with Crippen LogP contribution in [0.4, 0.5) is 0 Å². The third kappa shape index (κ3) is 2.43. The second-order valence-corrected chi connectivity index (χ2v) is 5.47. The van der Waals surface area contributed by atoms with Gasteiger partial charge >= 0.3 is 0 Å². The molecule has 1 heterocycles. The van der Waals surface area contributed by atoms with Crippen molar-refractivity contribution in [3.8, 4) is 0 Å². The van der Waals surface area contributed by atoms with Crippen LogP contribution in [0.25, 0.3) is 0 Å². The highest BCUT2D eigenvalue weighted by Crippen LogP contribution is 2.11. The molecule has 1 atom stereocenters. The molecule has 0 aromatic heterocycles. The van der Waals surface area contributed by atoms with Crippen molar-refractivity contribution in [1.29, 1.82) is 0 Å². The van der Waals surface area contributed by atoms with Gasteiger partial charge in [-0.3, -0.25) is 0 Å². The topological polar surface area (TPSA) is 70.1 Å². The first-order valence-electron chi connectivity index (χ1n) is 4.38. The van der Waals surface area contributed by atoms with Gasteiger partial charge in [-0.05, 0) is 0 Å². The Bertz CT molecular complexity index is 277. The van der Waals surface area contributed by atoms with Crippen molar-refractivity contribution in [2.24, 2.45) is 0 Å². The monoisotopic (exact) mass is 224 g/mol. The van der Waals surface area contributed by atoms with Crippen molar-refractivity contribution in [3.05, 3.63) is 0 Å². The maximum atomic E-state index is 11.7. The van der Waals surface area contributed by atoms with Gasteiger partial charge < -0.3 is 9.84 Å². The molecule has 0 radical (unpaired) electrons. The third-order valence-corrected chi connectivity index (χ3v) is 4.00. The summed E-state index contributed by atoms with van der Waals surface area (Å²) >= 11 is 0. The fourth-order valence-electron chi connectivity index (χ4n) is 1.24. The number of aliphatic hydroxyl groups excluding tert-OH is 1. The van der Waals surface area contributed by atoms with E-state index in [1.807, 2.05) is 0 Å². The average molecular weight is 224 g/mol. The SMILES string of the molecule is CN(C)S(=O)(=O)N1CCOC(CO)C1. The second kappa shape index (κ2) is 4.54. The molecule has 0 aromatic rings. The van der Waals surface area contributed by atoms with E-state index in [9.17, 15) is 8.42 Å². The van der Waals surface area contributed by atoms with Crippen molar-refractivity contribution < 1.29 is 18.3 Å². The lowest BCUT2D eigenvalue weighted by Gasteiger charge is -2.32. The summed E-state index contributed by atoms with van der Waals surface area (Å²) in [6, 6.07) is 0. The van der Waals surface area contributed by atoms with E-state index in [-0.39, 0.29) is 13.2 Å². The Morgan fingerprint density at radius 2 is 2.21 bits per heavy atom. The van der Waals surface area contributed by atoms with E-state index in [0.717, 1.165) is 4.31 Å². The van der Waals surface area contributed by atoms with Gasteiger partial charge in [-0.15, -0.1) is 0 Å². The highest BCUT2D eigenvalue weighted by Gasteiger charge is 2.30. The molecular weight excluding hydrogens is 208 g/mol. The van der Waals surface area contributed by atoms with E-state index in [1.54, 1.807) is 0 Å². The Morgan fingerprint density at radius 3 is 2.71 bits per heavy atom. The molecule has 0 spiro atoms. The van der Waals surface area contributed by atoms with Crippen LogP contribution < -0.4 is 0 Å². The van der Waals surface area contributed by atoms with E-state index >= 15 is 0 Å². The molecule has 1 rings (SSSR count). The zero-order valence-corrected chi connectivity index (χ0v) is 9.20. The van der Waals surface area contributed by atoms with Gasteiger partial charge in [0.2, 0.25) is 0 Å². The lowest BCUT2D eigenvalue weighted by atomic mass is 10.3. The van der Waals surface area contributed by atoms with Crippen molar-refractivity contribution in [3.63, 3.8) is 0 Å². The minimum atomic E-state index is -3.37. The van der Waals surface area contributed by atoms with E-state index < -0.39 is 16.3 Å². The predicted octanol–water partition coefficient (Wildman–Crippen LogP) is -1.51. The van der Waals surface area contributed by atoms with Gasteiger partial charge in [0.05, 0.1) is 19.3 Å². The lowest BCUT2D eigenvalue weighted by Crippen LogP contribution is -2.50. The number of nitrogens with zero attached hydrogens (tertiary/aromatic N) is 2. The van der Waals surface area contributed by atoms with Crippen LogP contribution in [-0.2, 0) is 14.9 Å². The minimum absolute atomic E-state index is 0.153. The molecule has 7 heteroatoms. The molecule has 0 bridgehead atoms. The smallest absolute Gasteiger partial charge is 0.281 e. The summed E-state index contributed by atoms with van der Waals surface area (Å²) in [5.74, 6) is 0. The first kappa shape index (κ1) is 11.9. The molecule has 1 N–H and O–H groups in total. The van der Waals surface area contributed by atoms with Crippen molar-refractivity contribution in [2.75, 3.05) is 40.4 Å². The maximum absolute atomic E-state index is 11.7. The summed E-state index contributed by atoms with van der Waals surface area (Å²) in [6.07, 6.45) is -0.404. The fraction of sp³-hybridized carbons (Fsp3) is 1.00. The Balaban J connectivity index is 2.69.